The Kier molecular flexibility index (Phi) is 6.88. The molecular weight excluding hydrogens is 611 g/mol. The van der Waals surface area contributed by atoms with Gasteiger partial charge in [-0.15, -0.1) is 23.2 Å². The normalized spacial score (nSPS) is 26.0. The van der Waals surface area contributed by atoms with Gasteiger partial charge in [-0.3, -0.25) is 19.3 Å². The van der Waals surface area contributed by atoms with Crippen molar-refractivity contribution in [1.82, 2.24) is 4.90 Å². The van der Waals surface area contributed by atoms with Gasteiger partial charge in [-0.2, -0.15) is 0 Å². The Balaban J connectivity index is 1.14. The number of nitrogens with zero attached hydrogens (tertiary/aromatic N) is 1. The summed E-state index contributed by atoms with van der Waals surface area (Å²) in [6, 6.07) is 19.1. The number of hydrogen-bond donors (Lipinski definition) is 1. The number of nitrogens with one attached hydrogen (secondary N) is 1. The van der Waals surface area contributed by atoms with Crippen LogP contribution in [0.5, 0.6) is 0 Å². The van der Waals surface area contributed by atoms with Crippen LogP contribution >= 0.6 is 39.1 Å². The number of imide groups is 1. The van der Waals surface area contributed by atoms with Gasteiger partial charge in [0.15, 0.2) is 0 Å². The van der Waals surface area contributed by atoms with Crippen LogP contribution in [0.4, 0.5) is 5.69 Å². The molecule has 2 atom stereocenters. The van der Waals surface area contributed by atoms with Crippen molar-refractivity contribution >= 4 is 62.5 Å². The zero-order valence-electron chi connectivity index (χ0n) is 22.3. The summed E-state index contributed by atoms with van der Waals surface area (Å²) in [5.74, 6) is -2.13. The van der Waals surface area contributed by atoms with E-state index in [1.807, 2.05) is 74.5 Å². The lowest BCUT2D eigenvalue weighted by Crippen LogP contribution is -2.57. The number of likely N-dealkylation sites (tertiary alicyclic amines) is 1. The number of rotatable bonds is 7. The highest BCUT2D eigenvalue weighted by atomic mass is 79.9. The SMILES string of the molecule is Cc1c(Br)ccc(NC(=O)CCCCCN2C(=O)[C@@H]3[C@H](C2=O)C2(Cl)c4ccccc4C3(Cl)c3ccccc32)c1C. The molecule has 1 N–H and O–H groups in total. The van der Waals surface area contributed by atoms with Gasteiger partial charge < -0.3 is 5.32 Å². The topological polar surface area (TPSA) is 66.5 Å². The fraction of sp³-hybridized carbons (Fsp3) is 0.344. The Bertz CT molecular complexity index is 1450. The lowest BCUT2D eigenvalue weighted by atomic mass is 9.54. The summed E-state index contributed by atoms with van der Waals surface area (Å²) in [7, 11) is 0. The minimum atomic E-state index is -1.16. The van der Waals surface area contributed by atoms with Crippen LogP contribution in [0.3, 0.4) is 0 Å². The van der Waals surface area contributed by atoms with E-state index in [0.29, 0.717) is 25.7 Å². The maximum atomic E-state index is 13.9. The fourth-order valence-electron chi connectivity index (χ4n) is 6.81. The lowest BCUT2D eigenvalue weighted by molar-refractivity contribution is -0.140. The molecule has 7 rings (SSSR count). The van der Waals surface area contributed by atoms with E-state index >= 15 is 0 Å². The van der Waals surface area contributed by atoms with Crippen molar-refractivity contribution in [2.45, 2.75) is 49.3 Å². The number of halogens is 3. The number of carbonyl (C=O) groups is 3. The molecule has 1 heterocycles. The van der Waals surface area contributed by atoms with Crippen LogP contribution in [0.1, 0.15) is 59.1 Å². The van der Waals surface area contributed by atoms with Crippen LogP contribution in [-0.2, 0) is 24.1 Å². The molecule has 3 amide bonds. The first-order chi connectivity index (χ1) is 19.1. The fourth-order valence-corrected chi connectivity index (χ4v) is 8.34. The van der Waals surface area contributed by atoms with Crippen molar-refractivity contribution in [3.63, 3.8) is 0 Å². The quantitative estimate of drug-likeness (QED) is 0.170. The number of carbonyl (C=O) groups excluding carboxylic acids is 3. The van der Waals surface area contributed by atoms with Crippen molar-refractivity contribution in [1.29, 1.82) is 0 Å². The van der Waals surface area contributed by atoms with E-state index in [1.165, 1.54) is 4.90 Å². The van der Waals surface area contributed by atoms with Crippen LogP contribution in [0.25, 0.3) is 0 Å². The predicted octanol–water partition coefficient (Wildman–Crippen LogP) is 7.16. The second-order valence-corrected chi connectivity index (χ2v) is 13.0. The zero-order chi connectivity index (χ0) is 28.4. The molecular formula is C32H29BrCl2N2O3. The Morgan fingerprint density at radius 2 is 1.30 bits per heavy atom. The van der Waals surface area contributed by atoms with Gasteiger partial charge in [-0.05, 0) is 72.2 Å². The number of hydrogen-bond acceptors (Lipinski definition) is 3. The molecule has 0 unspecified atom stereocenters. The highest BCUT2D eigenvalue weighted by molar-refractivity contribution is 9.10. The van der Waals surface area contributed by atoms with E-state index in [9.17, 15) is 14.4 Å². The summed E-state index contributed by atoms with van der Waals surface area (Å²) in [6.45, 7) is 4.27. The number of amides is 3. The second kappa shape index (κ2) is 10.0. The van der Waals surface area contributed by atoms with Crippen LogP contribution in [0.15, 0.2) is 65.1 Å². The molecule has 1 fully saturated rings. The number of alkyl halides is 2. The molecule has 0 saturated carbocycles. The highest BCUT2D eigenvalue weighted by Crippen LogP contribution is 2.69. The van der Waals surface area contributed by atoms with Crippen LogP contribution in [-0.4, -0.2) is 29.2 Å². The van der Waals surface area contributed by atoms with Crippen LogP contribution in [0, 0.1) is 25.7 Å². The minimum absolute atomic E-state index is 0.0514. The largest absolute Gasteiger partial charge is 0.326 e. The molecule has 8 heteroatoms. The first-order valence-corrected chi connectivity index (χ1v) is 15.1. The van der Waals surface area contributed by atoms with E-state index in [0.717, 1.165) is 43.5 Å². The van der Waals surface area contributed by atoms with E-state index in [1.54, 1.807) is 0 Å². The zero-order valence-corrected chi connectivity index (χ0v) is 25.4. The third-order valence-electron chi connectivity index (χ3n) is 8.96. The van der Waals surface area contributed by atoms with Crippen molar-refractivity contribution in [2.24, 2.45) is 11.8 Å². The second-order valence-electron chi connectivity index (χ2n) is 11.0. The first-order valence-electron chi connectivity index (χ1n) is 13.6. The van der Waals surface area contributed by atoms with E-state index < -0.39 is 21.6 Å². The molecule has 0 radical (unpaired) electrons. The number of benzene rings is 3. The summed E-state index contributed by atoms with van der Waals surface area (Å²) < 4.78 is 1.01. The molecule has 0 aromatic heterocycles. The van der Waals surface area contributed by atoms with Gasteiger partial charge in [0.05, 0.1) is 11.8 Å². The molecule has 4 aliphatic rings. The Morgan fingerprint density at radius 3 is 1.80 bits per heavy atom. The molecule has 1 saturated heterocycles. The Morgan fingerprint density at radius 1 is 0.800 bits per heavy atom. The molecule has 40 heavy (non-hydrogen) atoms. The average molecular weight is 640 g/mol. The van der Waals surface area contributed by atoms with Crippen molar-refractivity contribution in [3.05, 3.63) is 98.5 Å². The molecule has 206 valence electrons. The van der Waals surface area contributed by atoms with Gasteiger partial charge in [-0.1, -0.05) is 70.9 Å². The van der Waals surface area contributed by atoms with Gasteiger partial charge in [-0.25, -0.2) is 0 Å². The average Bonchev–Trinajstić information content (AvgIpc) is 3.22. The molecule has 2 bridgehead atoms. The monoisotopic (exact) mass is 638 g/mol. The van der Waals surface area contributed by atoms with Crippen LogP contribution in [0.2, 0.25) is 0 Å². The molecule has 3 aromatic rings. The van der Waals surface area contributed by atoms with Crippen molar-refractivity contribution in [2.75, 3.05) is 11.9 Å². The van der Waals surface area contributed by atoms with Crippen molar-refractivity contribution < 1.29 is 14.4 Å². The summed E-state index contributed by atoms with van der Waals surface area (Å²) in [5.41, 5.74) is 6.14. The summed E-state index contributed by atoms with van der Waals surface area (Å²) >= 11 is 18.4. The number of anilines is 1. The molecule has 3 aliphatic carbocycles. The molecule has 3 aromatic carbocycles. The van der Waals surface area contributed by atoms with Gasteiger partial charge in [0.2, 0.25) is 17.7 Å². The molecule has 5 nitrogen and oxygen atoms in total. The van der Waals surface area contributed by atoms with E-state index in [-0.39, 0.29) is 24.3 Å². The molecule has 1 aliphatic heterocycles. The summed E-state index contributed by atoms with van der Waals surface area (Å²) in [5, 5.41) is 2.99. The van der Waals surface area contributed by atoms with Gasteiger partial charge >= 0.3 is 0 Å². The van der Waals surface area contributed by atoms with E-state index in [4.69, 9.17) is 23.2 Å². The summed E-state index contributed by atoms with van der Waals surface area (Å²) in [6.07, 6.45) is 2.32. The number of unbranched alkanes of at least 4 members (excludes halogenated alkanes) is 2. The summed E-state index contributed by atoms with van der Waals surface area (Å²) in [4.78, 5) is 39.3. The third-order valence-corrected chi connectivity index (χ3v) is 11.1. The molecule has 0 spiro atoms. The van der Waals surface area contributed by atoms with Gasteiger partial charge in [0.1, 0.15) is 9.75 Å². The van der Waals surface area contributed by atoms with Gasteiger partial charge in [0, 0.05) is 23.1 Å². The maximum absolute atomic E-state index is 13.9. The Labute approximate surface area is 252 Å². The van der Waals surface area contributed by atoms with Crippen LogP contribution < -0.4 is 5.32 Å². The lowest BCUT2D eigenvalue weighted by Gasteiger charge is -2.54. The predicted molar refractivity (Wildman–Crippen MR) is 161 cm³/mol. The smallest absolute Gasteiger partial charge is 0.235 e. The Hall–Kier alpha value is -2.67. The minimum Gasteiger partial charge on any atom is -0.326 e. The van der Waals surface area contributed by atoms with E-state index in [2.05, 4.69) is 21.2 Å². The van der Waals surface area contributed by atoms with Crippen molar-refractivity contribution in [3.8, 4) is 0 Å². The highest BCUT2D eigenvalue weighted by Gasteiger charge is 2.72. The standard InChI is InChI=1S/C32H29BrCl2N2O3/c1-18-19(2)25(16-15-24(18)33)36-26(38)14-4-3-9-17-37-29(39)27-28(30(37)40)32(35)21-11-6-5-10-20(21)31(27,34)22-12-7-8-13-23(22)32/h5-8,10-13,15-16,27-28H,3-4,9,14,17H2,1-2H3,(H,36,38)/t27-,28+,31?,32?. The van der Waals surface area contributed by atoms with Gasteiger partial charge in [0.25, 0.3) is 0 Å². The first kappa shape index (κ1) is 27.5. The maximum Gasteiger partial charge on any atom is 0.235 e. The third kappa shape index (κ3) is 3.83.